The van der Waals surface area contributed by atoms with Crippen molar-refractivity contribution in [1.29, 1.82) is 0 Å². The third-order valence-electron chi connectivity index (χ3n) is 1.36. The fraction of sp³-hybridized carbons (Fsp3) is 0.714. The molecule has 2 radical (unpaired) electrons. The van der Waals surface area contributed by atoms with E-state index >= 15 is 0 Å². The first-order chi connectivity index (χ1) is 4.76. The van der Waals surface area contributed by atoms with Gasteiger partial charge in [-0.15, -0.1) is 0 Å². The lowest BCUT2D eigenvalue weighted by atomic mass is 9.81. The normalized spacial score (nSPS) is 10.7. The number of hydrogen-bond donors (Lipinski definition) is 2. The average Bonchev–Trinajstić information content (AvgIpc) is 1.54. The van der Waals surface area contributed by atoms with Gasteiger partial charge in [-0.1, -0.05) is 20.8 Å². The van der Waals surface area contributed by atoms with Crippen LogP contribution in [0, 0.1) is 11.3 Å². The van der Waals surface area contributed by atoms with Gasteiger partial charge in [0.2, 0.25) is 0 Å². The maximum Gasteiger partial charge on any atom is 0.318 e. The third-order valence-corrected chi connectivity index (χ3v) is 1.36. The van der Waals surface area contributed by atoms with Crippen LogP contribution in [-0.2, 0) is 9.59 Å². The maximum absolute atomic E-state index is 10.4. The lowest BCUT2D eigenvalue weighted by molar-refractivity contribution is -0.159. The molecule has 0 rings (SSSR count). The molecule has 0 aliphatic carbocycles. The zero-order valence-corrected chi connectivity index (χ0v) is 8.91. The number of hydrogen-bond acceptors (Lipinski definition) is 2. The number of aliphatic carboxylic acids is 2. The molecule has 0 amide bonds. The Labute approximate surface area is 87.1 Å². The molecule has 0 aliphatic heterocycles. The molecule has 66 valence electrons. The summed E-state index contributed by atoms with van der Waals surface area (Å²) < 4.78 is 0. The molecule has 0 aromatic carbocycles. The Morgan fingerprint density at radius 2 is 1.33 bits per heavy atom. The Hall–Kier alpha value is -0.294. The summed E-state index contributed by atoms with van der Waals surface area (Å²) in [4.78, 5) is 20.8. The van der Waals surface area contributed by atoms with E-state index in [1.54, 1.807) is 20.8 Å². The van der Waals surface area contributed by atoms with E-state index in [0.29, 0.717) is 0 Å². The topological polar surface area (TPSA) is 74.6 Å². The van der Waals surface area contributed by atoms with Crippen molar-refractivity contribution in [2.45, 2.75) is 20.8 Å². The standard InChI is InChI=1S/C7H12O4.Mg/c1-7(2,3)4(5(8)9)6(10)11;/h4H,1-3H3,(H,8,9)(H,10,11);. The summed E-state index contributed by atoms with van der Waals surface area (Å²) in [5.41, 5.74) is -0.738. The number of carboxylic acid groups (broad SMARTS) is 2. The van der Waals surface area contributed by atoms with E-state index in [4.69, 9.17) is 10.2 Å². The second-order valence-electron chi connectivity index (χ2n) is 3.48. The van der Waals surface area contributed by atoms with Crippen molar-refractivity contribution in [2.24, 2.45) is 11.3 Å². The molecule has 12 heavy (non-hydrogen) atoms. The van der Waals surface area contributed by atoms with Gasteiger partial charge in [-0.2, -0.15) is 0 Å². The van der Waals surface area contributed by atoms with E-state index in [0.717, 1.165) is 0 Å². The van der Waals surface area contributed by atoms with Crippen LogP contribution < -0.4 is 0 Å². The van der Waals surface area contributed by atoms with Gasteiger partial charge in [-0.3, -0.25) is 9.59 Å². The predicted molar refractivity (Wildman–Crippen MR) is 44.0 cm³/mol. The molecule has 2 N–H and O–H groups in total. The summed E-state index contributed by atoms with van der Waals surface area (Å²) >= 11 is 0. The monoisotopic (exact) mass is 184 g/mol. The second-order valence-corrected chi connectivity index (χ2v) is 3.48. The van der Waals surface area contributed by atoms with Gasteiger partial charge in [-0.25, -0.2) is 0 Å². The molecule has 0 aromatic heterocycles. The van der Waals surface area contributed by atoms with Crippen LogP contribution in [0.2, 0.25) is 0 Å². The van der Waals surface area contributed by atoms with Crippen LogP contribution in [0.4, 0.5) is 0 Å². The first-order valence-corrected chi connectivity index (χ1v) is 3.22. The zero-order chi connectivity index (χ0) is 9.23. The fourth-order valence-corrected chi connectivity index (χ4v) is 0.846. The minimum atomic E-state index is -1.33. The summed E-state index contributed by atoms with van der Waals surface area (Å²) in [6, 6.07) is 0. The molecule has 0 spiro atoms. The molecule has 0 aromatic rings. The van der Waals surface area contributed by atoms with Crippen LogP contribution in [0.25, 0.3) is 0 Å². The van der Waals surface area contributed by atoms with E-state index in [2.05, 4.69) is 0 Å². The van der Waals surface area contributed by atoms with Gasteiger partial charge in [0, 0.05) is 23.1 Å². The zero-order valence-electron chi connectivity index (χ0n) is 7.50. The molecule has 0 fully saturated rings. The highest BCUT2D eigenvalue weighted by atomic mass is 24.3. The van der Waals surface area contributed by atoms with Crippen molar-refractivity contribution < 1.29 is 19.8 Å². The Balaban J connectivity index is 0. The molecular weight excluding hydrogens is 172 g/mol. The highest BCUT2D eigenvalue weighted by Crippen LogP contribution is 2.25. The number of rotatable bonds is 2. The van der Waals surface area contributed by atoms with Crippen LogP contribution in [0.1, 0.15) is 20.8 Å². The highest BCUT2D eigenvalue weighted by molar-refractivity contribution is 5.93. The van der Waals surface area contributed by atoms with Crippen LogP contribution in [0.3, 0.4) is 0 Å². The summed E-state index contributed by atoms with van der Waals surface area (Å²) in [6.45, 7) is 4.75. The van der Waals surface area contributed by atoms with Crippen molar-refractivity contribution in [2.75, 3.05) is 0 Å². The van der Waals surface area contributed by atoms with Crippen molar-refractivity contribution in [3.63, 3.8) is 0 Å². The van der Waals surface area contributed by atoms with Crippen molar-refractivity contribution in [3.05, 3.63) is 0 Å². The Morgan fingerprint density at radius 3 is 1.33 bits per heavy atom. The Kier molecular flexibility index (Phi) is 5.54. The maximum atomic E-state index is 10.4. The molecule has 5 heteroatoms. The molecule has 0 aliphatic rings. The summed E-state index contributed by atoms with van der Waals surface area (Å²) in [7, 11) is 0. The average molecular weight is 184 g/mol. The van der Waals surface area contributed by atoms with E-state index in [-0.39, 0.29) is 23.1 Å². The van der Waals surface area contributed by atoms with Gasteiger partial charge >= 0.3 is 11.9 Å². The number of carbonyl (C=O) groups is 2. The predicted octanol–water partition coefficient (Wildman–Crippen LogP) is 0.437. The van der Waals surface area contributed by atoms with Crippen molar-refractivity contribution >= 4 is 35.0 Å². The van der Waals surface area contributed by atoms with Crippen molar-refractivity contribution in [3.8, 4) is 0 Å². The lowest BCUT2D eigenvalue weighted by Crippen LogP contribution is -2.35. The first kappa shape index (κ1) is 14.2. The quantitative estimate of drug-likeness (QED) is 0.482. The van der Waals surface area contributed by atoms with Gasteiger partial charge in [-0.05, 0) is 5.41 Å². The minimum Gasteiger partial charge on any atom is -0.481 e. The van der Waals surface area contributed by atoms with Gasteiger partial charge in [0.15, 0.2) is 5.92 Å². The van der Waals surface area contributed by atoms with E-state index < -0.39 is 23.3 Å². The van der Waals surface area contributed by atoms with Crippen LogP contribution in [0.15, 0.2) is 0 Å². The molecule has 4 nitrogen and oxygen atoms in total. The van der Waals surface area contributed by atoms with Gasteiger partial charge in [0.05, 0.1) is 0 Å². The van der Waals surface area contributed by atoms with Gasteiger partial charge in [0.1, 0.15) is 0 Å². The number of carboxylic acids is 2. The Bertz CT molecular complexity index is 168. The van der Waals surface area contributed by atoms with Crippen LogP contribution >= 0.6 is 0 Å². The third kappa shape index (κ3) is 3.92. The second kappa shape index (κ2) is 4.66. The SMILES string of the molecule is CC(C)(C)C(C(=O)O)C(=O)O.[Mg]. The molecule has 0 heterocycles. The van der Waals surface area contributed by atoms with Crippen molar-refractivity contribution in [1.82, 2.24) is 0 Å². The first-order valence-electron chi connectivity index (χ1n) is 3.22. The largest absolute Gasteiger partial charge is 0.481 e. The molecular formula is C7H12MgO4. The van der Waals surface area contributed by atoms with E-state index in [1.165, 1.54) is 0 Å². The smallest absolute Gasteiger partial charge is 0.318 e. The molecule has 0 saturated carbocycles. The van der Waals surface area contributed by atoms with Crippen LogP contribution in [-0.4, -0.2) is 45.2 Å². The van der Waals surface area contributed by atoms with Gasteiger partial charge in [0.25, 0.3) is 0 Å². The minimum absolute atomic E-state index is 0. The molecule has 0 atom stereocenters. The summed E-state index contributed by atoms with van der Waals surface area (Å²) in [6.07, 6.45) is 0. The molecule has 0 saturated heterocycles. The van der Waals surface area contributed by atoms with Crippen LogP contribution in [0.5, 0.6) is 0 Å². The lowest BCUT2D eigenvalue weighted by Gasteiger charge is -2.22. The Morgan fingerprint density at radius 1 is 1.08 bits per heavy atom. The summed E-state index contributed by atoms with van der Waals surface area (Å²) in [5.74, 6) is -3.91. The molecule has 0 bridgehead atoms. The van der Waals surface area contributed by atoms with Gasteiger partial charge < -0.3 is 10.2 Å². The fourth-order valence-electron chi connectivity index (χ4n) is 0.846. The van der Waals surface area contributed by atoms with E-state index in [9.17, 15) is 9.59 Å². The van der Waals surface area contributed by atoms with E-state index in [1.807, 2.05) is 0 Å². The molecule has 0 unspecified atom stereocenters. The highest BCUT2D eigenvalue weighted by Gasteiger charge is 2.37. The summed E-state index contributed by atoms with van der Waals surface area (Å²) in [5, 5.41) is 17.0.